The molecule has 1 fully saturated rings. The molecule has 70 valence electrons. The van der Waals surface area contributed by atoms with Crippen molar-refractivity contribution >= 4 is 17.5 Å². The highest BCUT2D eigenvalue weighted by Gasteiger charge is 2.16. The summed E-state index contributed by atoms with van der Waals surface area (Å²) in [5.74, 6) is 0.991. The zero-order valence-electron chi connectivity index (χ0n) is 7.39. The predicted octanol–water partition coefficient (Wildman–Crippen LogP) is 2.02. The molecule has 2 nitrogen and oxygen atoms in total. The summed E-state index contributed by atoms with van der Waals surface area (Å²) >= 11 is 5.52. The van der Waals surface area contributed by atoms with Gasteiger partial charge in [-0.05, 0) is 25.7 Å². The van der Waals surface area contributed by atoms with Crippen molar-refractivity contribution in [3.05, 3.63) is 0 Å². The first-order chi connectivity index (χ1) is 5.84. The van der Waals surface area contributed by atoms with Gasteiger partial charge in [0, 0.05) is 25.4 Å². The Labute approximate surface area is 78.9 Å². The van der Waals surface area contributed by atoms with Crippen LogP contribution in [0.25, 0.3) is 0 Å². The summed E-state index contributed by atoms with van der Waals surface area (Å²) in [6.45, 7) is 1.94. The number of carbonyl (C=O) groups is 1. The van der Waals surface area contributed by atoms with Gasteiger partial charge in [-0.3, -0.25) is 4.79 Å². The molecule has 3 heteroatoms. The minimum absolute atomic E-state index is 0.317. The van der Waals surface area contributed by atoms with Crippen LogP contribution in [0.5, 0.6) is 0 Å². The Morgan fingerprint density at radius 2 is 1.92 bits per heavy atom. The van der Waals surface area contributed by atoms with E-state index < -0.39 is 0 Å². The number of amides is 1. The van der Waals surface area contributed by atoms with Crippen molar-refractivity contribution in [2.24, 2.45) is 0 Å². The lowest BCUT2D eigenvalue weighted by atomic mass is 10.2. The van der Waals surface area contributed by atoms with E-state index in [0.717, 1.165) is 25.9 Å². The molecule has 0 spiro atoms. The number of hydrogen-bond acceptors (Lipinski definition) is 1. The van der Waals surface area contributed by atoms with E-state index in [4.69, 9.17) is 11.6 Å². The molecule has 12 heavy (non-hydrogen) atoms. The van der Waals surface area contributed by atoms with Crippen LogP contribution in [-0.2, 0) is 4.79 Å². The van der Waals surface area contributed by atoms with Gasteiger partial charge in [0.15, 0.2) is 0 Å². The topological polar surface area (TPSA) is 20.3 Å². The van der Waals surface area contributed by atoms with Crippen molar-refractivity contribution in [1.29, 1.82) is 0 Å². The summed E-state index contributed by atoms with van der Waals surface area (Å²) in [4.78, 5) is 13.4. The molecule has 0 radical (unpaired) electrons. The van der Waals surface area contributed by atoms with E-state index >= 15 is 0 Å². The van der Waals surface area contributed by atoms with Crippen LogP contribution < -0.4 is 0 Å². The Morgan fingerprint density at radius 1 is 1.25 bits per heavy atom. The lowest BCUT2D eigenvalue weighted by Gasteiger charge is -2.14. The highest BCUT2D eigenvalue weighted by molar-refractivity contribution is 6.17. The molecule has 0 atom stereocenters. The van der Waals surface area contributed by atoms with Gasteiger partial charge in [0.2, 0.25) is 5.91 Å². The van der Waals surface area contributed by atoms with Gasteiger partial charge < -0.3 is 4.90 Å². The molecular formula is C9H16ClNO. The average molecular weight is 190 g/mol. The quantitative estimate of drug-likeness (QED) is 0.490. The predicted molar refractivity (Wildman–Crippen MR) is 50.4 cm³/mol. The second kappa shape index (κ2) is 5.41. The number of carbonyl (C=O) groups excluding carboxylic acids is 1. The first-order valence-corrected chi connectivity index (χ1v) is 5.22. The van der Waals surface area contributed by atoms with Crippen LogP contribution in [0.4, 0.5) is 0 Å². The van der Waals surface area contributed by atoms with E-state index in [0.29, 0.717) is 18.2 Å². The van der Waals surface area contributed by atoms with E-state index in [2.05, 4.69) is 0 Å². The first-order valence-electron chi connectivity index (χ1n) is 4.68. The molecule has 0 aromatic carbocycles. The molecule has 0 aromatic heterocycles. The molecule has 0 bridgehead atoms. The first kappa shape index (κ1) is 9.85. The number of alkyl halides is 1. The van der Waals surface area contributed by atoms with Gasteiger partial charge in [0.1, 0.15) is 0 Å². The zero-order valence-corrected chi connectivity index (χ0v) is 8.15. The molecule has 0 aromatic rings. The Hall–Kier alpha value is -0.240. The summed E-state index contributed by atoms with van der Waals surface area (Å²) in [5, 5.41) is 0. The normalized spacial score (nSPS) is 16.9. The van der Waals surface area contributed by atoms with Crippen molar-refractivity contribution < 1.29 is 4.79 Å². The monoisotopic (exact) mass is 189 g/mol. The van der Waals surface area contributed by atoms with Gasteiger partial charge >= 0.3 is 0 Å². The fourth-order valence-corrected chi connectivity index (χ4v) is 1.68. The maximum atomic E-state index is 11.4. The number of likely N-dealkylation sites (tertiary alicyclic amines) is 1. The van der Waals surface area contributed by atoms with Crippen LogP contribution in [0.1, 0.15) is 32.1 Å². The second-order valence-electron chi connectivity index (χ2n) is 3.23. The molecule has 1 aliphatic rings. The molecule has 1 aliphatic heterocycles. The Morgan fingerprint density at radius 3 is 2.50 bits per heavy atom. The van der Waals surface area contributed by atoms with Gasteiger partial charge in [0.25, 0.3) is 0 Å². The van der Waals surface area contributed by atoms with E-state index in [9.17, 15) is 4.79 Å². The standard InChI is InChI=1S/C9H16ClNO/c10-6-2-1-5-9(12)11-7-3-4-8-11/h1-8H2. The summed E-state index contributed by atoms with van der Waals surface area (Å²) < 4.78 is 0. The largest absolute Gasteiger partial charge is 0.343 e. The lowest BCUT2D eigenvalue weighted by molar-refractivity contribution is -0.130. The summed E-state index contributed by atoms with van der Waals surface area (Å²) in [6, 6.07) is 0. The van der Waals surface area contributed by atoms with Crippen LogP contribution in [0.15, 0.2) is 0 Å². The van der Waals surface area contributed by atoms with Gasteiger partial charge in [-0.15, -0.1) is 11.6 Å². The zero-order chi connectivity index (χ0) is 8.81. The third-order valence-electron chi connectivity index (χ3n) is 2.23. The molecule has 0 aliphatic carbocycles. The Balaban J connectivity index is 2.10. The van der Waals surface area contributed by atoms with Crippen LogP contribution in [0.3, 0.4) is 0 Å². The number of halogens is 1. The van der Waals surface area contributed by atoms with Gasteiger partial charge in [-0.1, -0.05) is 0 Å². The molecule has 1 heterocycles. The molecule has 0 saturated carbocycles. The second-order valence-corrected chi connectivity index (χ2v) is 3.61. The molecule has 1 rings (SSSR count). The van der Waals surface area contributed by atoms with Crippen LogP contribution in [0.2, 0.25) is 0 Å². The Kier molecular flexibility index (Phi) is 4.44. The third kappa shape index (κ3) is 3.02. The molecule has 1 saturated heterocycles. The molecular weight excluding hydrogens is 174 g/mol. The van der Waals surface area contributed by atoms with Crippen LogP contribution in [0, 0.1) is 0 Å². The van der Waals surface area contributed by atoms with Crippen molar-refractivity contribution in [1.82, 2.24) is 4.90 Å². The third-order valence-corrected chi connectivity index (χ3v) is 2.50. The van der Waals surface area contributed by atoms with E-state index in [1.165, 1.54) is 12.8 Å². The maximum absolute atomic E-state index is 11.4. The fraction of sp³-hybridized carbons (Fsp3) is 0.889. The summed E-state index contributed by atoms with van der Waals surface area (Å²) in [5.41, 5.74) is 0. The van der Waals surface area contributed by atoms with Gasteiger partial charge in [0.05, 0.1) is 0 Å². The van der Waals surface area contributed by atoms with Gasteiger partial charge in [-0.25, -0.2) is 0 Å². The number of unbranched alkanes of at least 4 members (excludes halogenated alkanes) is 1. The minimum Gasteiger partial charge on any atom is -0.343 e. The van der Waals surface area contributed by atoms with Crippen molar-refractivity contribution in [2.45, 2.75) is 32.1 Å². The van der Waals surface area contributed by atoms with Gasteiger partial charge in [-0.2, -0.15) is 0 Å². The Bertz CT molecular complexity index is 143. The molecule has 0 N–H and O–H groups in total. The van der Waals surface area contributed by atoms with Crippen molar-refractivity contribution in [2.75, 3.05) is 19.0 Å². The van der Waals surface area contributed by atoms with E-state index in [1.54, 1.807) is 0 Å². The van der Waals surface area contributed by atoms with E-state index in [-0.39, 0.29) is 0 Å². The van der Waals surface area contributed by atoms with Crippen LogP contribution >= 0.6 is 11.6 Å². The van der Waals surface area contributed by atoms with Crippen LogP contribution in [-0.4, -0.2) is 29.8 Å². The van der Waals surface area contributed by atoms with Crippen molar-refractivity contribution in [3.63, 3.8) is 0 Å². The minimum atomic E-state index is 0.317. The maximum Gasteiger partial charge on any atom is 0.222 e. The average Bonchev–Trinajstić information content (AvgIpc) is 2.56. The fourth-order valence-electron chi connectivity index (χ4n) is 1.50. The van der Waals surface area contributed by atoms with E-state index in [1.807, 2.05) is 4.90 Å². The number of rotatable bonds is 4. The number of hydrogen-bond donors (Lipinski definition) is 0. The SMILES string of the molecule is O=C(CCCCCl)N1CCCC1. The lowest BCUT2D eigenvalue weighted by Crippen LogP contribution is -2.27. The highest BCUT2D eigenvalue weighted by atomic mass is 35.5. The summed E-state index contributed by atoms with van der Waals surface area (Å²) in [7, 11) is 0. The molecule has 0 unspecified atom stereocenters. The van der Waals surface area contributed by atoms with Crippen molar-refractivity contribution in [3.8, 4) is 0 Å². The molecule has 1 amide bonds. The smallest absolute Gasteiger partial charge is 0.222 e. The number of nitrogens with zero attached hydrogens (tertiary/aromatic N) is 1. The summed E-state index contributed by atoms with van der Waals surface area (Å²) in [6.07, 6.45) is 4.95. The highest BCUT2D eigenvalue weighted by Crippen LogP contribution is 2.10.